The molecule has 1 aliphatic carbocycles. The van der Waals surface area contributed by atoms with Crippen molar-refractivity contribution in [3.8, 4) is 11.5 Å². The third kappa shape index (κ3) is 3.90. The first-order valence-corrected chi connectivity index (χ1v) is 9.30. The van der Waals surface area contributed by atoms with E-state index >= 15 is 0 Å². The van der Waals surface area contributed by atoms with Gasteiger partial charge in [-0.1, -0.05) is 18.9 Å². The number of hydrogen-bond acceptors (Lipinski definition) is 5. The summed E-state index contributed by atoms with van der Waals surface area (Å²) in [5.74, 6) is 1.75. The van der Waals surface area contributed by atoms with Crippen molar-refractivity contribution >= 4 is 5.91 Å². The second kappa shape index (κ2) is 7.62. The normalized spacial score (nSPS) is 23.0. The minimum absolute atomic E-state index is 0.0121. The number of amides is 1. The molecule has 136 valence electrons. The number of morpholine rings is 1. The van der Waals surface area contributed by atoms with E-state index in [1.165, 1.54) is 12.8 Å². The molecule has 6 heteroatoms. The molecule has 0 radical (unpaired) electrons. The van der Waals surface area contributed by atoms with E-state index in [0.29, 0.717) is 25.6 Å². The number of carbonyl (C=O) groups excluding carboxylic acids is 1. The van der Waals surface area contributed by atoms with Crippen molar-refractivity contribution in [2.45, 2.75) is 50.8 Å². The summed E-state index contributed by atoms with van der Waals surface area (Å²) in [6.45, 7) is 3.21. The zero-order chi connectivity index (χ0) is 17.1. The molecule has 1 saturated heterocycles. The number of fused-ring (bicyclic) bond motifs is 1. The molecule has 2 aliphatic heterocycles. The van der Waals surface area contributed by atoms with Crippen molar-refractivity contribution in [1.82, 2.24) is 10.2 Å². The highest BCUT2D eigenvalue weighted by Crippen LogP contribution is 2.34. The molecule has 1 N–H and O–H groups in total. The molecule has 1 aromatic carbocycles. The van der Waals surface area contributed by atoms with Crippen LogP contribution in [-0.4, -0.2) is 49.4 Å². The molecule has 1 amide bonds. The van der Waals surface area contributed by atoms with Gasteiger partial charge in [0.25, 0.3) is 0 Å². The first-order valence-electron chi connectivity index (χ1n) is 9.30. The fraction of sp³-hybridized carbons (Fsp3) is 0.632. The molecule has 3 aliphatic rings. The van der Waals surface area contributed by atoms with Gasteiger partial charge < -0.3 is 24.4 Å². The van der Waals surface area contributed by atoms with E-state index < -0.39 is 0 Å². The first kappa shape index (κ1) is 16.7. The summed E-state index contributed by atoms with van der Waals surface area (Å²) in [5, 5.41) is 3.30. The van der Waals surface area contributed by atoms with Gasteiger partial charge in [-0.05, 0) is 30.5 Å². The fourth-order valence-corrected chi connectivity index (χ4v) is 3.94. The molecule has 0 unspecified atom stereocenters. The van der Waals surface area contributed by atoms with Crippen molar-refractivity contribution in [1.29, 1.82) is 0 Å². The number of ether oxygens (including phenoxy) is 3. The van der Waals surface area contributed by atoms with E-state index in [4.69, 9.17) is 14.2 Å². The van der Waals surface area contributed by atoms with Crippen LogP contribution >= 0.6 is 0 Å². The third-order valence-electron chi connectivity index (χ3n) is 5.28. The lowest BCUT2D eigenvalue weighted by atomic mass is 10.1. The van der Waals surface area contributed by atoms with Crippen molar-refractivity contribution < 1.29 is 19.0 Å². The van der Waals surface area contributed by atoms with Gasteiger partial charge in [0.1, 0.15) is 0 Å². The zero-order valence-corrected chi connectivity index (χ0v) is 14.5. The van der Waals surface area contributed by atoms with E-state index in [-0.39, 0.29) is 18.8 Å². The Morgan fingerprint density at radius 1 is 1.20 bits per heavy atom. The molecule has 1 atom stereocenters. The maximum Gasteiger partial charge on any atom is 0.231 e. The highest BCUT2D eigenvalue weighted by molar-refractivity contribution is 5.77. The molecular formula is C19H26N2O4. The molecule has 0 bridgehead atoms. The van der Waals surface area contributed by atoms with Crippen LogP contribution in [-0.2, 0) is 16.1 Å². The number of benzene rings is 1. The standard InChI is InChI=1S/C19H26N2O4/c22-19(10-16-11-20-7-8-23-16)21(15-3-1-2-4-15)12-14-5-6-17-18(9-14)25-13-24-17/h5-6,9,15-16,20H,1-4,7-8,10-13H2/t16-/m1/s1. The molecule has 4 rings (SSSR count). The topological polar surface area (TPSA) is 60.0 Å². The minimum Gasteiger partial charge on any atom is -0.454 e. The summed E-state index contributed by atoms with van der Waals surface area (Å²) < 4.78 is 16.6. The summed E-state index contributed by atoms with van der Waals surface area (Å²) in [5.41, 5.74) is 1.09. The van der Waals surface area contributed by atoms with Gasteiger partial charge in [0.05, 0.1) is 19.1 Å². The van der Waals surface area contributed by atoms with Gasteiger partial charge in [-0.25, -0.2) is 0 Å². The van der Waals surface area contributed by atoms with Crippen molar-refractivity contribution in [2.24, 2.45) is 0 Å². The molecule has 1 saturated carbocycles. The van der Waals surface area contributed by atoms with E-state index in [1.54, 1.807) is 0 Å². The SMILES string of the molecule is O=C(C[C@@H]1CNCCO1)N(Cc1ccc2c(c1)OCO2)C1CCCC1. The minimum atomic E-state index is -0.0121. The average molecular weight is 346 g/mol. The average Bonchev–Trinajstić information content (AvgIpc) is 3.31. The molecular weight excluding hydrogens is 320 g/mol. The second-order valence-electron chi connectivity index (χ2n) is 7.05. The van der Waals surface area contributed by atoms with Crippen LogP contribution in [0.15, 0.2) is 18.2 Å². The first-order chi connectivity index (χ1) is 12.3. The Morgan fingerprint density at radius 2 is 2.04 bits per heavy atom. The molecule has 1 aromatic rings. The van der Waals surface area contributed by atoms with Crippen LogP contribution in [0.4, 0.5) is 0 Å². The highest BCUT2D eigenvalue weighted by atomic mass is 16.7. The van der Waals surface area contributed by atoms with Crippen molar-refractivity contribution in [3.05, 3.63) is 23.8 Å². The quantitative estimate of drug-likeness (QED) is 0.884. The Balaban J connectivity index is 1.46. The number of carbonyl (C=O) groups is 1. The van der Waals surface area contributed by atoms with E-state index in [1.807, 2.05) is 18.2 Å². The smallest absolute Gasteiger partial charge is 0.231 e. The molecule has 2 fully saturated rings. The predicted molar refractivity (Wildman–Crippen MR) is 92.6 cm³/mol. The highest BCUT2D eigenvalue weighted by Gasteiger charge is 2.29. The number of nitrogens with zero attached hydrogens (tertiary/aromatic N) is 1. The Kier molecular flexibility index (Phi) is 5.08. The lowest BCUT2D eigenvalue weighted by Gasteiger charge is -2.32. The second-order valence-corrected chi connectivity index (χ2v) is 7.05. The number of rotatable bonds is 5. The Hall–Kier alpha value is -1.79. The fourth-order valence-electron chi connectivity index (χ4n) is 3.94. The van der Waals surface area contributed by atoms with Gasteiger partial charge >= 0.3 is 0 Å². The Morgan fingerprint density at radius 3 is 2.84 bits per heavy atom. The predicted octanol–water partition coefficient (Wildman–Crippen LogP) is 2.06. The lowest BCUT2D eigenvalue weighted by Crippen LogP contribution is -2.44. The van der Waals surface area contributed by atoms with Crippen LogP contribution in [0.2, 0.25) is 0 Å². The number of hydrogen-bond donors (Lipinski definition) is 1. The maximum atomic E-state index is 13.0. The van der Waals surface area contributed by atoms with Gasteiger partial charge in [-0.2, -0.15) is 0 Å². The van der Waals surface area contributed by atoms with Crippen LogP contribution in [0.25, 0.3) is 0 Å². The molecule has 6 nitrogen and oxygen atoms in total. The maximum absolute atomic E-state index is 13.0. The van der Waals surface area contributed by atoms with Crippen LogP contribution in [0.3, 0.4) is 0 Å². The molecule has 25 heavy (non-hydrogen) atoms. The van der Waals surface area contributed by atoms with Crippen LogP contribution in [0.1, 0.15) is 37.7 Å². The van der Waals surface area contributed by atoms with Crippen molar-refractivity contribution in [3.63, 3.8) is 0 Å². The van der Waals surface area contributed by atoms with E-state index in [9.17, 15) is 4.79 Å². The lowest BCUT2D eigenvalue weighted by molar-refractivity contribution is -0.137. The molecule has 0 aromatic heterocycles. The van der Waals surface area contributed by atoms with Crippen molar-refractivity contribution in [2.75, 3.05) is 26.5 Å². The Bertz CT molecular complexity index is 609. The van der Waals surface area contributed by atoms with Crippen LogP contribution < -0.4 is 14.8 Å². The van der Waals surface area contributed by atoms with Gasteiger partial charge in [-0.15, -0.1) is 0 Å². The zero-order valence-electron chi connectivity index (χ0n) is 14.5. The third-order valence-corrected chi connectivity index (χ3v) is 5.28. The summed E-state index contributed by atoms with van der Waals surface area (Å²) in [6.07, 6.45) is 5.05. The summed E-state index contributed by atoms with van der Waals surface area (Å²) >= 11 is 0. The number of nitrogens with one attached hydrogen (secondary N) is 1. The summed E-state index contributed by atoms with van der Waals surface area (Å²) in [4.78, 5) is 15.1. The van der Waals surface area contributed by atoms with Gasteiger partial charge in [-0.3, -0.25) is 4.79 Å². The van der Waals surface area contributed by atoms with Gasteiger partial charge in [0.15, 0.2) is 11.5 Å². The molecule has 2 heterocycles. The van der Waals surface area contributed by atoms with Gasteiger partial charge in [0.2, 0.25) is 12.7 Å². The van der Waals surface area contributed by atoms with E-state index in [0.717, 1.165) is 43.0 Å². The van der Waals surface area contributed by atoms with E-state index in [2.05, 4.69) is 10.2 Å². The summed E-state index contributed by atoms with van der Waals surface area (Å²) in [7, 11) is 0. The monoisotopic (exact) mass is 346 g/mol. The van der Waals surface area contributed by atoms with Gasteiger partial charge in [0, 0.05) is 25.7 Å². The van der Waals surface area contributed by atoms with Crippen LogP contribution in [0, 0.1) is 0 Å². The Labute approximate surface area is 148 Å². The molecule has 0 spiro atoms. The summed E-state index contributed by atoms with van der Waals surface area (Å²) in [6, 6.07) is 6.30. The largest absolute Gasteiger partial charge is 0.454 e. The van der Waals surface area contributed by atoms with Crippen LogP contribution in [0.5, 0.6) is 11.5 Å².